The van der Waals surface area contributed by atoms with Crippen LogP contribution in [0.2, 0.25) is 0 Å². The van der Waals surface area contributed by atoms with Gasteiger partial charge in [0.05, 0.1) is 0 Å². The summed E-state index contributed by atoms with van der Waals surface area (Å²) >= 11 is 0. The Labute approximate surface area is 402 Å². The van der Waals surface area contributed by atoms with Crippen LogP contribution in [0.3, 0.4) is 0 Å². The van der Waals surface area contributed by atoms with Crippen molar-refractivity contribution < 1.29 is 0 Å². The van der Waals surface area contributed by atoms with Crippen LogP contribution >= 0.6 is 0 Å². The molecule has 2 aliphatic rings. The first kappa shape index (κ1) is 40.2. The van der Waals surface area contributed by atoms with Gasteiger partial charge in [0.15, 0.2) is 11.6 Å². The zero-order chi connectivity index (χ0) is 46.9. The lowest BCUT2D eigenvalue weighted by Crippen LogP contribution is -2.37. The molecule has 14 rings (SSSR count). The predicted octanol–water partition coefficient (Wildman–Crippen LogP) is 15.3. The first-order valence-corrected chi connectivity index (χ1v) is 23.9. The first-order chi connectivity index (χ1) is 34.2. The molecule has 0 radical (unpaired) electrons. The molecule has 5 heterocycles. The monoisotopic (exact) mass is 900 g/mol. The Bertz CT molecular complexity index is 4340. The smallest absolute Gasteiger partial charge is 0.165 e. The maximum atomic E-state index is 5.64. The van der Waals surface area contributed by atoms with Gasteiger partial charge in [0, 0.05) is 43.5 Å². The van der Waals surface area contributed by atoms with Gasteiger partial charge in [-0.2, -0.15) is 0 Å². The van der Waals surface area contributed by atoms with E-state index in [2.05, 4.69) is 220 Å². The van der Waals surface area contributed by atoms with Crippen molar-refractivity contribution >= 4 is 76.5 Å². The molecule has 8 nitrogen and oxygen atoms in total. The minimum Gasteiger partial charge on any atom is -0.324 e. The van der Waals surface area contributed by atoms with Gasteiger partial charge in [0.1, 0.15) is 34.2 Å². The summed E-state index contributed by atoms with van der Waals surface area (Å²) in [5, 5.41) is 10.3. The highest BCUT2D eigenvalue weighted by Gasteiger charge is 2.49. The summed E-state index contributed by atoms with van der Waals surface area (Å²) in [6.45, 7) is 8.88. The number of H-pyrrole nitrogens is 2. The Balaban J connectivity index is 1.21. The number of aromatic nitrogens is 8. The number of benzene rings is 9. The Kier molecular flexibility index (Phi) is 8.51. The second kappa shape index (κ2) is 14.8. The molecule has 2 N–H and O–H groups in total. The van der Waals surface area contributed by atoms with Crippen LogP contribution in [0.25, 0.3) is 133 Å². The molecular formula is C62H44N8. The lowest BCUT2D eigenvalue weighted by atomic mass is 9.69. The zero-order valence-corrected chi connectivity index (χ0v) is 39.0. The van der Waals surface area contributed by atoms with Crippen molar-refractivity contribution in [3.8, 4) is 56.2 Å². The molecule has 8 bridgehead atoms. The van der Waals surface area contributed by atoms with E-state index in [1.165, 1.54) is 0 Å². The fraction of sp³-hybridized carbons (Fsp3) is 0.0968. The van der Waals surface area contributed by atoms with Gasteiger partial charge in [-0.1, -0.05) is 191 Å². The van der Waals surface area contributed by atoms with Gasteiger partial charge in [-0.15, -0.1) is 0 Å². The highest BCUT2D eigenvalue weighted by atomic mass is 15.1. The molecule has 0 saturated carbocycles. The van der Waals surface area contributed by atoms with E-state index in [0.29, 0.717) is 45.9 Å². The highest BCUT2D eigenvalue weighted by molar-refractivity contribution is 6.24. The third-order valence-corrected chi connectivity index (χ3v) is 15.3. The number of hydrogen-bond donors (Lipinski definition) is 2. The summed E-state index contributed by atoms with van der Waals surface area (Å²) in [4.78, 5) is 40.8. The van der Waals surface area contributed by atoms with Crippen LogP contribution in [-0.2, 0) is 10.8 Å². The third kappa shape index (κ3) is 5.83. The standard InChI is InChI=1S/C62H44N8/c1-61(2)59-68-55-49-34-46(37-24-12-7-13-25-37)39-27-15-18-30-42(39)51(49)57(66-55)67-56-50-41-29-17-14-26-38(41)44(35-20-8-5-9-21-35)32-47(50)53(64-56)63-54-48-33-45(36-22-10-6-11-23-36)40-28-16-19-31-43(40)52(48)58(65-54)69-60(70-59)62(61,3)4/h5-34H,1-4H3,(H2,63,64,65,66,67,68,69,70). The van der Waals surface area contributed by atoms with Crippen LogP contribution in [0.1, 0.15) is 39.3 Å². The summed E-state index contributed by atoms with van der Waals surface area (Å²) in [6.07, 6.45) is 0. The highest BCUT2D eigenvalue weighted by Crippen LogP contribution is 2.48. The van der Waals surface area contributed by atoms with Crippen LogP contribution in [0.15, 0.2) is 182 Å². The quantitative estimate of drug-likeness (QED) is 0.183. The van der Waals surface area contributed by atoms with E-state index in [0.717, 1.165) is 98.4 Å². The number of nitrogens with zero attached hydrogens (tertiary/aromatic N) is 6. The molecular weight excluding hydrogens is 857 g/mol. The second-order valence-corrected chi connectivity index (χ2v) is 19.6. The molecule has 0 atom stereocenters. The first-order valence-electron chi connectivity index (χ1n) is 23.9. The SMILES string of the molecule is CC1(C)c2nc(nc3[nH]c(nc4nc(nc5[nH]c(n2)c2cc(-c6ccccc6)c6ccccc6c52)-c2c-4cc(-c4ccccc4)c4ccccc24)c2cc(-c4ccccc4)c4ccccc4c32)C1(C)C. The summed E-state index contributed by atoms with van der Waals surface area (Å²) in [5.41, 5.74) is 10.1. The maximum Gasteiger partial charge on any atom is 0.165 e. The number of nitrogens with one attached hydrogen (secondary N) is 2. The van der Waals surface area contributed by atoms with E-state index >= 15 is 0 Å². The molecule has 0 amide bonds. The number of hydrogen-bond acceptors (Lipinski definition) is 6. The molecule has 0 fully saturated rings. The van der Waals surface area contributed by atoms with Crippen LogP contribution in [-0.4, -0.2) is 39.9 Å². The fourth-order valence-electron chi connectivity index (χ4n) is 10.9. The molecule has 332 valence electrons. The van der Waals surface area contributed by atoms with Crippen molar-refractivity contribution in [1.29, 1.82) is 0 Å². The molecule has 0 unspecified atom stereocenters. The Morgan fingerprint density at radius 1 is 0.300 bits per heavy atom. The second-order valence-electron chi connectivity index (χ2n) is 19.6. The molecule has 0 saturated heterocycles. The van der Waals surface area contributed by atoms with Crippen molar-refractivity contribution in [2.45, 2.75) is 38.5 Å². The zero-order valence-electron chi connectivity index (χ0n) is 39.0. The van der Waals surface area contributed by atoms with Gasteiger partial charge in [-0.3, -0.25) is 0 Å². The molecule has 8 heteroatoms. The molecule has 70 heavy (non-hydrogen) atoms. The van der Waals surface area contributed by atoms with E-state index < -0.39 is 10.8 Å². The average Bonchev–Trinajstić information content (AvgIpc) is 4.09. The lowest BCUT2D eigenvalue weighted by molar-refractivity contribution is 0.310. The van der Waals surface area contributed by atoms with Crippen LogP contribution in [0.5, 0.6) is 0 Å². The van der Waals surface area contributed by atoms with E-state index in [9.17, 15) is 0 Å². The van der Waals surface area contributed by atoms with Gasteiger partial charge < -0.3 is 9.97 Å². The Morgan fingerprint density at radius 3 is 1.17 bits per heavy atom. The van der Waals surface area contributed by atoms with E-state index in [-0.39, 0.29) is 0 Å². The summed E-state index contributed by atoms with van der Waals surface area (Å²) in [6, 6.07) is 64.2. The van der Waals surface area contributed by atoms with Crippen LogP contribution in [0, 0.1) is 0 Å². The van der Waals surface area contributed by atoms with Crippen LogP contribution < -0.4 is 0 Å². The van der Waals surface area contributed by atoms with Gasteiger partial charge in [0.25, 0.3) is 0 Å². The number of rotatable bonds is 3. The van der Waals surface area contributed by atoms with Gasteiger partial charge in [0.2, 0.25) is 0 Å². The number of fused-ring (bicyclic) bond motifs is 23. The Morgan fingerprint density at radius 2 is 0.671 bits per heavy atom. The third-order valence-electron chi connectivity index (χ3n) is 15.3. The van der Waals surface area contributed by atoms with Crippen LogP contribution in [0.4, 0.5) is 0 Å². The number of aromatic amines is 2. The van der Waals surface area contributed by atoms with E-state index in [1.54, 1.807) is 0 Å². The fourth-order valence-corrected chi connectivity index (χ4v) is 10.9. The van der Waals surface area contributed by atoms with Gasteiger partial charge in [-0.25, -0.2) is 29.9 Å². The Hall–Kier alpha value is -8.88. The normalized spacial score (nSPS) is 13.9. The van der Waals surface area contributed by atoms with Crippen molar-refractivity contribution in [3.63, 3.8) is 0 Å². The topological polar surface area (TPSA) is 109 Å². The van der Waals surface area contributed by atoms with Gasteiger partial charge >= 0.3 is 0 Å². The minimum absolute atomic E-state index is 0.529. The van der Waals surface area contributed by atoms with Crippen molar-refractivity contribution in [2.24, 2.45) is 0 Å². The van der Waals surface area contributed by atoms with Gasteiger partial charge in [-0.05, 0) is 83.9 Å². The van der Waals surface area contributed by atoms with E-state index in [1.807, 2.05) is 0 Å². The molecule has 0 aliphatic carbocycles. The molecule has 2 aliphatic heterocycles. The maximum absolute atomic E-state index is 5.64. The summed E-state index contributed by atoms with van der Waals surface area (Å²) in [7, 11) is 0. The van der Waals surface area contributed by atoms with Crippen molar-refractivity contribution in [3.05, 3.63) is 194 Å². The predicted molar refractivity (Wildman–Crippen MR) is 287 cm³/mol. The molecule has 0 spiro atoms. The largest absolute Gasteiger partial charge is 0.324 e. The molecule has 12 aromatic rings. The van der Waals surface area contributed by atoms with Crippen molar-refractivity contribution in [2.75, 3.05) is 0 Å². The van der Waals surface area contributed by atoms with E-state index in [4.69, 9.17) is 29.9 Å². The molecule has 9 aromatic carbocycles. The van der Waals surface area contributed by atoms with Crippen molar-refractivity contribution in [1.82, 2.24) is 39.9 Å². The summed E-state index contributed by atoms with van der Waals surface area (Å²) in [5.74, 6) is 2.49. The lowest BCUT2D eigenvalue weighted by Gasteiger charge is -2.32. The average molecular weight is 901 g/mol. The molecule has 3 aromatic heterocycles. The summed E-state index contributed by atoms with van der Waals surface area (Å²) < 4.78 is 0. The minimum atomic E-state index is -0.529.